The topological polar surface area (TPSA) is 66.9 Å². The second-order valence-corrected chi connectivity index (χ2v) is 9.61. The molecule has 1 fully saturated rings. The number of piperazine rings is 1. The number of fused-ring (bicyclic) bond motifs is 1. The van der Waals surface area contributed by atoms with E-state index in [1.165, 1.54) is 0 Å². The maximum Gasteiger partial charge on any atom is 0.246 e. The van der Waals surface area contributed by atoms with Crippen LogP contribution in [0.4, 0.5) is 8.78 Å². The van der Waals surface area contributed by atoms with Crippen LogP contribution in [0.15, 0.2) is 41.3 Å². The number of ether oxygens (including phenoxy) is 1. The molecule has 0 radical (unpaired) electrons. The normalized spacial score (nSPS) is 19.8. The largest absolute Gasteiger partial charge is 0.492 e. The van der Waals surface area contributed by atoms with Crippen LogP contribution in [0.2, 0.25) is 5.02 Å². The Kier molecular flexibility index (Phi) is 5.69. The summed E-state index contributed by atoms with van der Waals surface area (Å²) in [6.07, 6.45) is 0.488. The molecule has 2 aliphatic heterocycles. The van der Waals surface area contributed by atoms with Gasteiger partial charge < -0.3 is 9.64 Å². The molecule has 0 spiro atoms. The summed E-state index contributed by atoms with van der Waals surface area (Å²) in [7, 11) is -4.19. The number of hydrogen-bond acceptors (Lipinski definition) is 4. The van der Waals surface area contributed by atoms with Crippen LogP contribution in [0.1, 0.15) is 5.56 Å². The van der Waals surface area contributed by atoms with Gasteiger partial charge in [-0.2, -0.15) is 4.31 Å². The molecule has 0 unspecified atom stereocenters. The number of benzene rings is 2. The van der Waals surface area contributed by atoms with Gasteiger partial charge in [0.05, 0.1) is 5.92 Å². The zero-order chi connectivity index (χ0) is 21.5. The van der Waals surface area contributed by atoms with Gasteiger partial charge in [-0.25, -0.2) is 17.2 Å². The molecule has 0 bridgehead atoms. The van der Waals surface area contributed by atoms with Crippen LogP contribution in [0.3, 0.4) is 0 Å². The maximum absolute atomic E-state index is 14.0. The van der Waals surface area contributed by atoms with E-state index in [2.05, 4.69) is 0 Å². The highest BCUT2D eigenvalue weighted by Crippen LogP contribution is 2.31. The highest BCUT2D eigenvalue weighted by molar-refractivity contribution is 7.89. The van der Waals surface area contributed by atoms with E-state index >= 15 is 0 Å². The van der Waals surface area contributed by atoms with Crippen molar-refractivity contribution in [2.45, 2.75) is 11.3 Å². The summed E-state index contributed by atoms with van der Waals surface area (Å²) in [4.78, 5) is 13.8. The first-order valence-corrected chi connectivity index (χ1v) is 11.2. The summed E-state index contributed by atoms with van der Waals surface area (Å²) < 4.78 is 59.5. The van der Waals surface area contributed by atoms with Gasteiger partial charge in [-0.05, 0) is 48.4 Å². The summed E-state index contributed by atoms with van der Waals surface area (Å²) in [6.45, 7) is 0.558. The van der Waals surface area contributed by atoms with Gasteiger partial charge in [0.1, 0.15) is 28.9 Å². The summed E-state index contributed by atoms with van der Waals surface area (Å²) in [5.74, 6) is -1.65. The molecule has 1 saturated heterocycles. The van der Waals surface area contributed by atoms with E-state index in [-0.39, 0.29) is 44.6 Å². The molecule has 2 aromatic rings. The second kappa shape index (κ2) is 8.13. The predicted molar refractivity (Wildman–Crippen MR) is 106 cm³/mol. The Bertz CT molecular complexity index is 1090. The molecule has 1 amide bonds. The molecule has 0 aliphatic carbocycles. The minimum atomic E-state index is -4.19. The number of carbonyl (C=O) groups is 1. The lowest BCUT2D eigenvalue weighted by Gasteiger charge is -2.36. The van der Waals surface area contributed by atoms with Crippen LogP contribution >= 0.6 is 11.6 Å². The van der Waals surface area contributed by atoms with Gasteiger partial charge in [-0.3, -0.25) is 4.79 Å². The Hall–Kier alpha value is -2.23. The zero-order valence-electron chi connectivity index (χ0n) is 15.9. The Morgan fingerprint density at radius 2 is 1.80 bits per heavy atom. The number of nitrogens with zero attached hydrogens (tertiary/aromatic N) is 2. The van der Waals surface area contributed by atoms with E-state index in [0.717, 1.165) is 22.0 Å². The van der Waals surface area contributed by atoms with Crippen molar-refractivity contribution in [1.82, 2.24) is 9.21 Å². The van der Waals surface area contributed by atoms with Crippen LogP contribution in [-0.2, 0) is 21.2 Å². The first-order valence-electron chi connectivity index (χ1n) is 9.41. The van der Waals surface area contributed by atoms with Crippen molar-refractivity contribution in [3.8, 4) is 5.75 Å². The zero-order valence-corrected chi connectivity index (χ0v) is 17.4. The highest BCUT2D eigenvalue weighted by Gasteiger charge is 2.35. The van der Waals surface area contributed by atoms with Gasteiger partial charge in [0.2, 0.25) is 15.9 Å². The predicted octanol–water partition coefficient (Wildman–Crippen LogP) is 2.70. The van der Waals surface area contributed by atoms with Gasteiger partial charge in [0, 0.05) is 31.2 Å². The van der Waals surface area contributed by atoms with Gasteiger partial charge in [-0.1, -0.05) is 11.6 Å². The fraction of sp³-hybridized carbons (Fsp3) is 0.350. The van der Waals surface area contributed by atoms with E-state index in [4.69, 9.17) is 16.3 Å². The van der Waals surface area contributed by atoms with Crippen molar-refractivity contribution in [2.24, 2.45) is 5.92 Å². The minimum Gasteiger partial charge on any atom is -0.492 e. The molecular formula is C20H19ClF2N2O4S. The summed E-state index contributed by atoms with van der Waals surface area (Å²) in [5.41, 5.74) is 0.856. The molecule has 0 saturated carbocycles. The van der Waals surface area contributed by atoms with E-state index in [1.54, 1.807) is 23.1 Å². The molecule has 0 aromatic heterocycles. The van der Waals surface area contributed by atoms with Crippen LogP contribution in [0, 0.1) is 17.6 Å². The minimum absolute atomic E-state index is 0.0000188. The molecule has 4 rings (SSSR count). The number of carbonyl (C=O) groups excluding carboxylic acids is 1. The van der Waals surface area contributed by atoms with Crippen LogP contribution < -0.4 is 4.74 Å². The summed E-state index contributed by atoms with van der Waals surface area (Å²) in [6, 6.07) is 7.59. The smallest absolute Gasteiger partial charge is 0.246 e. The molecule has 10 heteroatoms. The van der Waals surface area contributed by atoms with Crippen molar-refractivity contribution in [2.75, 3.05) is 32.8 Å². The third kappa shape index (κ3) is 4.01. The number of rotatable bonds is 3. The lowest BCUT2D eigenvalue weighted by molar-refractivity contribution is -0.138. The molecule has 160 valence electrons. The first-order chi connectivity index (χ1) is 14.3. The third-order valence-electron chi connectivity index (χ3n) is 5.34. The third-order valence-corrected chi connectivity index (χ3v) is 7.49. The van der Waals surface area contributed by atoms with Crippen LogP contribution in [0.5, 0.6) is 5.75 Å². The van der Waals surface area contributed by atoms with Crippen molar-refractivity contribution in [3.63, 3.8) is 0 Å². The SMILES string of the molecule is O=C([C@@H]1COc2ccc(Cl)cc2C1)N1CCN(S(=O)(=O)c2cc(F)ccc2F)CC1. The maximum atomic E-state index is 14.0. The molecule has 1 atom stereocenters. The first kappa shape index (κ1) is 21.0. The van der Waals surface area contributed by atoms with E-state index in [9.17, 15) is 22.0 Å². The van der Waals surface area contributed by atoms with Crippen molar-refractivity contribution in [1.29, 1.82) is 0 Å². The van der Waals surface area contributed by atoms with Crippen LogP contribution in [0.25, 0.3) is 0 Å². The average molecular weight is 457 g/mol. The monoisotopic (exact) mass is 456 g/mol. The molecule has 6 nitrogen and oxygen atoms in total. The standard InChI is InChI=1S/C20H19ClF2N2O4S/c21-15-1-4-18-13(10-15)9-14(12-29-18)20(26)24-5-7-25(8-6-24)30(27,28)19-11-16(22)2-3-17(19)23/h1-4,10-11,14H,5-9,12H2/t14-/m0/s1. The lowest BCUT2D eigenvalue weighted by Crippen LogP contribution is -2.53. The molecule has 2 heterocycles. The fourth-order valence-electron chi connectivity index (χ4n) is 3.74. The lowest BCUT2D eigenvalue weighted by atomic mass is 9.95. The van der Waals surface area contributed by atoms with Gasteiger partial charge in [0.25, 0.3) is 0 Å². The number of halogens is 3. The average Bonchev–Trinajstić information content (AvgIpc) is 2.74. The molecule has 2 aliphatic rings. The summed E-state index contributed by atoms with van der Waals surface area (Å²) in [5, 5.41) is 0.564. The molecule has 2 aromatic carbocycles. The van der Waals surface area contributed by atoms with Crippen molar-refractivity contribution < 1.29 is 26.7 Å². The van der Waals surface area contributed by atoms with Crippen molar-refractivity contribution in [3.05, 3.63) is 58.6 Å². The van der Waals surface area contributed by atoms with Crippen LogP contribution in [-0.4, -0.2) is 56.3 Å². The number of amides is 1. The Morgan fingerprint density at radius 3 is 2.53 bits per heavy atom. The quantitative estimate of drug-likeness (QED) is 0.712. The highest BCUT2D eigenvalue weighted by atomic mass is 35.5. The Labute approximate surface area is 178 Å². The number of hydrogen-bond donors (Lipinski definition) is 0. The molecule has 30 heavy (non-hydrogen) atoms. The second-order valence-electron chi connectivity index (χ2n) is 7.27. The van der Waals surface area contributed by atoms with Gasteiger partial charge in [0.15, 0.2) is 0 Å². The van der Waals surface area contributed by atoms with Crippen molar-refractivity contribution >= 4 is 27.5 Å². The Morgan fingerprint density at radius 1 is 1.07 bits per heavy atom. The molecule has 0 N–H and O–H groups in total. The fourth-order valence-corrected chi connectivity index (χ4v) is 5.44. The van der Waals surface area contributed by atoms with E-state index < -0.39 is 26.6 Å². The van der Waals surface area contributed by atoms with E-state index in [1.807, 2.05) is 0 Å². The van der Waals surface area contributed by atoms with Gasteiger partial charge >= 0.3 is 0 Å². The summed E-state index contributed by atoms with van der Waals surface area (Å²) >= 11 is 6.02. The number of sulfonamides is 1. The molecular weight excluding hydrogens is 438 g/mol. The van der Waals surface area contributed by atoms with Gasteiger partial charge in [-0.15, -0.1) is 0 Å². The van der Waals surface area contributed by atoms with E-state index in [0.29, 0.717) is 23.3 Å². The Balaban J connectivity index is 1.42.